The van der Waals surface area contributed by atoms with Crippen molar-refractivity contribution >= 4 is 53.0 Å². The highest BCUT2D eigenvalue weighted by molar-refractivity contribution is 7.92. The van der Waals surface area contributed by atoms with Gasteiger partial charge in [-0.25, -0.2) is 21.6 Å². The lowest BCUT2D eigenvalue weighted by atomic mass is 9.93. The van der Waals surface area contributed by atoms with Gasteiger partial charge in [-0.2, -0.15) is 0 Å². The molecule has 0 unspecified atom stereocenters. The van der Waals surface area contributed by atoms with E-state index in [0.29, 0.717) is 33.9 Å². The number of sulfonamides is 2. The fraction of sp³-hybridized carbons (Fsp3) is 0.0909. The van der Waals surface area contributed by atoms with Gasteiger partial charge in [0.15, 0.2) is 0 Å². The Morgan fingerprint density at radius 3 is 1.52 bits per heavy atom. The van der Waals surface area contributed by atoms with Crippen molar-refractivity contribution in [1.29, 1.82) is 0 Å². The number of ether oxygens (including phenoxy) is 1. The first-order valence-electron chi connectivity index (χ1n) is 13.8. The number of fused-ring (bicyclic) bond motifs is 2. The summed E-state index contributed by atoms with van der Waals surface area (Å²) < 4.78 is 59.2. The molecule has 46 heavy (non-hydrogen) atoms. The molecule has 3 N–H and O–H groups in total. The van der Waals surface area contributed by atoms with Crippen LogP contribution in [0.3, 0.4) is 0 Å². The number of hydrogen-bond acceptors (Lipinski definition) is 7. The fourth-order valence-corrected chi connectivity index (χ4v) is 6.51. The smallest absolute Gasteiger partial charge is 0.332 e. The summed E-state index contributed by atoms with van der Waals surface area (Å²) >= 11 is 0. The van der Waals surface area contributed by atoms with E-state index in [9.17, 15) is 26.4 Å². The van der Waals surface area contributed by atoms with Crippen LogP contribution in [0.15, 0.2) is 107 Å². The predicted molar refractivity (Wildman–Crippen MR) is 182 cm³/mol. The molecule has 0 aliphatic rings. The number of nitrogens with one attached hydrogen (secondary N) is 3. The summed E-state index contributed by atoms with van der Waals surface area (Å²) in [6.07, 6.45) is 3.59. The van der Waals surface area contributed by atoms with Crippen molar-refractivity contribution in [2.24, 2.45) is 0 Å². The van der Waals surface area contributed by atoms with E-state index < -0.39 is 31.3 Å². The number of methoxy groups -OCH3 is 1. The first kappa shape index (κ1) is 30.6. The maximum absolute atomic E-state index is 12.9. The third kappa shape index (κ3) is 6.50. The fourth-order valence-electron chi connectivity index (χ4n) is 5.40. The molecule has 6 aromatic rings. The minimum absolute atomic E-state index is 0.442. The molecule has 0 fully saturated rings. The highest BCUT2D eigenvalue weighted by atomic mass is 32.2. The molecule has 234 valence electrons. The molecule has 0 radical (unpaired) electrons. The Hall–Kier alpha value is -5.40. The second-order valence-corrected chi connectivity index (χ2v) is 14.4. The first-order valence-corrected chi connectivity index (χ1v) is 17.6. The van der Waals surface area contributed by atoms with Gasteiger partial charge in [0.05, 0.1) is 25.3 Å². The normalized spacial score (nSPS) is 11.9. The van der Waals surface area contributed by atoms with Gasteiger partial charge in [-0.05, 0) is 81.2 Å². The van der Waals surface area contributed by atoms with E-state index in [-0.39, 0.29) is 0 Å². The summed E-state index contributed by atoms with van der Waals surface area (Å²) in [6, 6.07) is 26.7. The maximum Gasteiger partial charge on any atom is 0.332 e. The summed E-state index contributed by atoms with van der Waals surface area (Å²) in [5.41, 5.74) is 3.11. The minimum atomic E-state index is -3.44. The zero-order chi connectivity index (χ0) is 32.8. The van der Waals surface area contributed by atoms with Gasteiger partial charge in [-0.15, -0.1) is 0 Å². The lowest BCUT2D eigenvalue weighted by Crippen LogP contribution is -2.27. The Morgan fingerprint density at radius 2 is 1.09 bits per heavy atom. The van der Waals surface area contributed by atoms with Gasteiger partial charge >= 0.3 is 5.69 Å². The molecular formula is C33H28N4O7S2. The summed E-state index contributed by atoms with van der Waals surface area (Å²) in [7, 11) is -5.33. The number of aromatic amines is 1. The third-order valence-corrected chi connectivity index (χ3v) is 8.50. The molecule has 1 heterocycles. The highest BCUT2D eigenvalue weighted by Gasteiger charge is 2.18. The number of nitrogens with zero attached hydrogens (tertiary/aromatic N) is 1. The van der Waals surface area contributed by atoms with Crippen molar-refractivity contribution in [3.8, 4) is 33.7 Å². The van der Waals surface area contributed by atoms with Gasteiger partial charge in [0, 0.05) is 34.8 Å². The van der Waals surface area contributed by atoms with Gasteiger partial charge in [-0.3, -0.25) is 23.8 Å². The molecule has 0 aliphatic carbocycles. The lowest BCUT2D eigenvalue weighted by Gasteiger charge is -2.18. The van der Waals surface area contributed by atoms with Crippen molar-refractivity contribution in [1.82, 2.24) is 9.55 Å². The monoisotopic (exact) mass is 656 g/mol. The maximum atomic E-state index is 12.9. The van der Waals surface area contributed by atoms with E-state index in [2.05, 4.69) is 14.4 Å². The lowest BCUT2D eigenvalue weighted by molar-refractivity contribution is 0.418. The molecule has 0 saturated carbocycles. The molecule has 6 rings (SSSR count). The van der Waals surface area contributed by atoms with Crippen LogP contribution < -0.4 is 25.4 Å². The minimum Gasteiger partial charge on any atom is -0.495 e. The van der Waals surface area contributed by atoms with E-state index in [1.54, 1.807) is 43.5 Å². The average Bonchev–Trinajstić information content (AvgIpc) is 2.98. The van der Waals surface area contributed by atoms with Crippen LogP contribution in [0.25, 0.3) is 49.5 Å². The summed E-state index contributed by atoms with van der Waals surface area (Å²) in [4.78, 5) is 27.0. The second-order valence-electron chi connectivity index (χ2n) is 10.9. The number of H-pyrrole nitrogens is 1. The van der Waals surface area contributed by atoms with Crippen LogP contribution in [0.2, 0.25) is 0 Å². The number of benzene rings is 5. The van der Waals surface area contributed by atoms with Crippen LogP contribution >= 0.6 is 0 Å². The van der Waals surface area contributed by atoms with E-state index >= 15 is 0 Å². The quantitative estimate of drug-likeness (QED) is 0.210. The van der Waals surface area contributed by atoms with Crippen molar-refractivity contribution in [2.75, 3.05) is 29.1 Å². The highest BCUT2D eigenvalue weighted by Crippen LogP contribution is 2.42. The van der Waals surface area contributed by atoms with E-state index in [1.165, 1.54) is 16.8 Å². The Balaban J connectivity index is 1.54. The molecular weight excluding hydrogens is 629 g/mol. The SMILES string of the molecule is COc1c(-c2ccc3cc(NS(C)(=O)=O)ccc3c2)cc(-n2ccc(=O)[nH]c2=O)cc1-c1ccc2cc(NS(C)(=O)=O)ccc2c1. The summed E-state index contributed by atoms with van der Waals surface area (Å²) in [6.45, 7) is 0. The van der Waals surface area contributed by atoms with Gasteiger partial charge in [0.2, 0.25) is 20.0 Å². The van der Waals surface area contributed by atoms with Gasteiger partial charge in [0.25, 0.3) is 5.56 Å². The topological polar surface area (TPSA) is 156 Å². The first-order chi connectivity index (χ1) is 21.8. The Bertz CT molecular complexity index is 2380. The van der Waals surface area contributed by atoms with Crippen molar-refractivity contribution in [3.63, 3.8) is 0 Å². The van der Waals surface area contributed by atoms with Gasteiger partial charge in [0.1, 0.15) is 5.75 Å². The number of rotatable bonds is 8. The van der Waals surface area contributed by atoms with Crippen LogP contribution in [0, 0.1) is 0 Å². The average molecular weight is 657 g/mol. The zero-order valence-corrected chi connectivity index (χ0v) is 26.5. The Kier molecular flexibility index (Phi) is 7.66. The predicted octanol–water partition coefficient (Wildman–Crippen LogP) is 4.92. The van der Waals surface area contributed by atoms with Crippen LogP contribution in [0.1, 0.15) is 0 Å². The van der Waals surface area contributed by atoms with Gasteiger partial charge in [-0.1, -0.05) is 36.4 Å². The van der Waals surface area contributed by atoms with Crippen LogP contribution in [0.4, 0.5) is 11.4 Å². The molecule has 13 heteroatoms. The van der Waals surface area contributed by atoms with Crippen LogP contribution in [-0.4, -0.2) is 46.0 Å². The number of anilines is 2. The largest absolute Gasteiger partial charge is 0.495 e. The van der Waals surface area contributed by atoms with Crippen LogP contribution in [-0.2, 0) is 20.0 Å². The molecule has 0 atom stereocenters. The molecule has 0 spiro atoms. The molecule has 1 aromatic heterocycles. The number of hydrogen-bond donors (Lipinski definition) is 3. The molecule has 0 amide bonds. The van der Waals surface area contributed by atoms with Gasteiger partial charge < -0.3 is 4.74 Å². The molecule has 11 nitrogen and oxygen atoms in total. The standard InChI is InChI=1S/C33H28N4O7S2/c1-44-32-29(24-6-4-22-16-26(35-45(2,40)41)10-8-20(22)14-24)18-28(37-13-12-31(38)34-33(37)39)19-30(32)25-7-5-23-17-27(36-46(3,42)43)11-9-21(23)15-25/h4-19,35-36H,1-3H3,(H,34,38,39). The Labute approximate surface area is 264 Å². The third-order valence-electron chi connectivity index (χ3n) is 7.29. The number of aromatic nitrogens is 2. The van der Waals surface area contributed by atoms with Crippen molar-refractivity contribution in [3.05, 3.63) is 118 Å². The van der Waals surface area contributed by atoms with Crippen LogP contribution in [0.5, 0.6) is 5.75 Å². The zero-order valence-electron chi connectivity index (χ0n) is 24.9. The Morgan fingerprint density at radius 1 is 0.630 bits per heavy atom. The second kappa shape index (κ2) is 11.5. The van der Waals surface area contributed by atoms with Crippen molar-refractivity contribution < 1.29 is 21.6 Å². The summed E-state index contributed by atoms with van der Waals surface area (Å²) in [5, 5.41) is 3.31. The summed E-state index contributed by atoms with van der Waals surface area (Å²) in [5.74, 6) is 0.533. The molecule has 5 aromatic carbocycles. The van der Waals surface area contributed by atoms with E-state index in [0.717, 1.165) is 45.2 Å². The molecule has 0 bridgehead atoms. The van der Waals surface area contributed by atoms with E-state index in [1.807, 2.05) is 48.5 Å². The molecule has 0 aliphatic heterocycles. The van der Waals surface area contributed by atoms with E-state index in [4.69, 9.17) is 4.74 Å². The molecule has 0 saturated heterocycles. The van der Waals surface area contributed by atoms with Crippen molar-refractivity contribution in [2.45, 2.75) is 0 Å².